The molecule has 0 bridgehead atoms. The third-order valence-corrected chi connectivity index (χ3v) is 3.30. The molecule has 1 saturated carbocycles. The molecule has 1 aromatic heterocycles. The summed E-state index contributed by atoms with van der Waals surface area (Å²) in [5, 5.41) is 10.6. The summed E-state index contributed by atoms with van der Waals surface area (Å²) in [6.07, 6.45) is -4.35. The third-order valence-electron chi connectivity index (χ3n) is 3.30. The van der Waals surface area contributed by atoms with Crippen molar-refractivity contribution in [2.24, 2.45) is 0 Å². The highest BCUT2D eigenvalue weighted by atomic mass is 19.4. The van der Waals surface area contributed by atoms with Crippen LogP contribution in [0, 0.1) is 0 Å². The van der Waals surface area contributed by atoms with Crippen molar-refractivity contribution in [3.8, 4) is 11.4 Å². The van der Waals surface area contributed by atoms with Gasteiger partial charge in [0.25, 0.3) is 0 Å². The minimum absolute atomic E-state index is 0.00348. The molecule has 0 amide bonds. The molecule has 1 fully saturated rings. The molecule has 1 aromatic carbocycles. The smallest absolute Gasteiger partial charge is 0.399 e. The maximum absolute atomic E-state index is 13.1. The number of tetrazole rings is 1. The number of nitrogens with zero attached hydrogens (tertiary/aromatic N) is 4. The van der Waals surface area contributed by atoms with Gasteiger partial charge in [0, 0.05) is 11.3 Å². The van der Waals surface area contributed by atoms with E-state index in [1.807, 2.05) is 0 Å². The van der Waals surface area contributed by atoms with Crippen LogP contribution in [0.2, 0.25) is 0 Å². The van der Waals surface area contributed by atoms with E-state index < -0.39 is 11.7 Å². The van der Waals surface area contributed by atoms with E-state index in [9.17, 15) is 13.2 Å². The number of rotatable bonds is 2. The molecule has 0 saturated heterocycles. The van der Waals surface area contributed by atoms with Crippen LogP contribution in [-0.4, -0.2) is 26.4 Å². The number of halogens is 3. The second-order valence-electron chi connectivity index (χ2n) is 4.57. The highest BCUT2D eigenvalue weighted by molar-refractivity contribution is 5.58. The number of hydrogen-bond donors (Lipinski definition) is 1. The Bertz CT molecular complexity index is 598. The topological polar surface area (TPSA) is 69.6 Å². The molecule has 1 aliphatic carbocycles. The summed E-state index contributed by atoms with van der Waals surface area (Å²) >= 11 is 0. The number of nitrogens with two attached hydrogens (primary N) is 1. The molecule has 0 atom stereocenters. The molecule has 19 heavy (non-hydrogen) atoms. The average molecular weight is 269 g/mol. The lowest BCUT2D eigenvalue weighted by Crippen LogP contribution is -2.36. The van der Waals surface area contributed by atoms with Gasteiger partial charge in [-0.2, -0.15) is 13.2 Å². The quantitative estimate of drug-likeness (QED) is 0.846. The van der Waals surface area contributed by atoms with Gasteiger partial charge in [-0.15, -0.1) is 5.10 Å². The maximum Gasteiger partial charge on any atom is 0.413 e. The minimum Gasteiger partial charge on any atom is -0.399 e. The lowest BCUT2D eigenvalue weighted by atomic mass is 10.1. The van der Waals surface area contributed by atoms with E-state index in [0.717, 1.165) is 4.68 Å². The van der Waals surface area contributed by atoms with E-state index in [0.29, 0.717) is 11.3 Å². The number of anilines is 1. The summed E-state index contributed by atoms with van der Waals surface area (Å²) < 4.78 is 40.1. The predicted octanol–water partition coefficient (Wildman–Crippen LogP) is 1.97. The number of alkyl halides is 3. The Hall–Kier alpha value is -2.12. The Morgan fingerprint density at radius 1 is 1.16 bits per heavy atom. The van der Waals surface area contributed by atoms with Crippen molar-refractivity contribution in [2.75, 3.05) is 5.73 Å². The number of aromatic nitrogens is 4. The second kappa shape index (κ2) is 3.69. The molecule has 5 nitrogen and oxygen atoms in total. The first kappa shape index (κ1) is 11.9. The standard InChI is InChI=1S/C11H10F3N5/c12-11(13,14)10(5-6-10)19-9(16-17-18-19)7-1-3-8(15)4-2-7/h1-4H,5-6,15H2. The summed E-state index contributed by atoms with van der Waals surface area (Å²) in [5.74, 6) is 0.106. The Balaban J connectivity index is 2.07. The second-order valence-corrected chi connectivity index (χ2v) is 4.57. The van der Waals surface area contributed by atoms with Crippen molar-refractivity contribution in [1.82, 2.24) is 20.2 Å². The molecule has 3 rings (SSSR count). The number of hydrogen-bond acceptors (Lipinski definition) is 4. The van der Waals surface area contributed by atoms with Gasteiger partial charge in [-0.25, -0.2) is 4.68 Å². The van der Waals surface area contributed by atoms with Crippen LogP contribution >= 0.6 is 0 Å². The highest BCUT2D eigenvalue weighted by Gasteiger charge is 2.66. The molecule has 100 valence electrons. The number of nitrogen functional groups attached to an aromatic ring is 1. The van der Waals surface area contributed by atoms with E-state index in [2.05, 4.69) is 15.5 Å². The van der Waals surface area contributed by atoms with Gasteiger partial charge in [0.05, 0.1) is 0 Å². The molecule has 0 unspecified atom stereocenters. The van der Waals surface area contributed by atoms with E-state index >= 15 is 0 Å². The fourth-order valence-electron chi connectivity index (χ4n) is 2.02. The van der Waals surface area contributed by atoms with Crippen LogP contribution < -0.4 is 5.73 Å². The van der Waals surface area contributed by atoms with Crippen molar-refractivity contribution in [2.45, 2.75) is 24.6 Å². The van der Waals surface area contributed by atoms with Gasteiger partial charge in [0.2, 0.25) is 0 Å². The lowest BCUT2D eigenvalue weighted by molar-refractivity contribution is -0.182. The zero-order valence-corrected chi connectivity index (χ0v) is 9.72. The Morgan fingerprint density at radius 3 is 2.32 bits per heavy atom. The van der Waals surface area contributed by atoms with Crippen molar-refractivity contribution in [3.63, 3.8) is 0 Å². The zero-order chi connectivity index (χ0) is 13.7. The van der Waals surface area contributed by atoms with E-state index in [1.54, 1.807) is 24.3 Å². The molecule has 2 aromatic rings. The fourth-order valence-corrected chi connectivity index (χ4v) is 2.02. The maximum atomic E-state index is 13.1. The molecule has 1 heterocycles. The van der Waals surface area contributed by atoms with Crippen molar-refractivity contribution >= 4 is 5.69 Å². The van der Waals surface area contributed by atoms with E-state index in [1.165, 1.54) is 0 Å². The highest BCUT2D eigenvalue weighted by Crippen LogP contribution is 2.55. The molecule has 8 heteroatoms. The van der Waals surface area contributed by atoms with Crippen molar-refractivity contribution in [1.29, 1.82) is 0 Å². The molecular weight excluding hydrogens is 259 g/mol. The number of benzene rings is 1. The SMILES string of the molecule is Nc1ccc(-c2nnnn2C2(C(F)(F)F)CC2)cc1. The first-order valence-electron chi connectivity index (χ1n) is 5.65. The molecule has 0 radical (unpaired) electrons. The van der Waals surface area contributed by atoms with Gasteiger partial charge in [-0.3, -0.25) is 0 Å². The Morgan fingerprint density at radius 2 is 1.79 bits per heavy atom. The van der Waals surface area contributed by atoms with Gasteiger partial charge in [0.15, 0.2) is 11.4 Å². The monoisotopic (exact) mass is 269 g/mol. The minimum atomic E-state index is -4.36. The summed E-state index contributed by atoms with van der Waals surface area (Å²) in [7, 11) is 0. The Kier molecular flexibility index (Phi) is 2.32. The van der Waals surface area contributed by atoms with E-state index in [-0.39, 0.29) is 18.7 Å². The van der Waals surface area contributed by atoms with Crippen LogP contribution in [0.4, 0.5) is 18.9 Å². The van der Waals surface area contributed by atoms with Crippen LogP contribution in [0.5, 0.6) is 0 Å². The molecule has 1 aliphatic rings. The molecule has 0 aliphatic heterocycles. The van der Waals surface area contributed by atoms with Gasteiger partial charge >= 0.3 is 6.18 Å². The van der Waals surface area contributed by atoms with E-state index in [4.69, 9.17) is 5.73 Å². The van der Waals surface area contributed by atoms with Gasteiger partial charge in [-0.05, 0) is 47.5 Å². The van der Waals surface area contributed by atoms with Gasteiger partial charge in [0.1, 0.15) is 0 Å². The molecule has 0 spiro atoms. The summed E-state index contributed by atoms with van der Waals surface area (Å²) in [6, 6.07) is 6.40. The zero-order valence-electron chi connectivity index (χ0n) is 9.72. The predicted molar refractivity (Wildman–Crippen MR) is 60.9 cm³/mol. The fraction of sp³-hybridized carbons (Fsp3) is 0.364. The summed E-state index contributed by atoms with van der Waals surface area (Å²) in [6.45, 7) is 0. The van der Waals surface area contributed by atoms with Crippen LogP contribution in [0.3, 0.4) is 0 Å². The van der Waals surface area contributed by atoms with Crippen molar-refractivity contribution in [3.05, 3.63) is 24.3 Å². The largest absolute Gasteiger partial charge is 0.413 e. The third kappa shape index (κ3) is 1.74. The van der Waals surface area contributed by atoms with Crippen LogP contribution in [-0.2, 0) is 5.54 Å². The Labute approximate surface area is 106 Å². The van der Waals surface area contributed by atoms with Gasteiger partial charge in [-0.1, -0.05) is 0 Å². The summed E-state index contributed by atoms with van der Waals surface area (Å²) in [4.78, 5) is 0. The summed E-state index contributed by atoms with van der Waals surface area (Å²) in [5.41, 5.74) is 4.63. The average Bonchev–Trinajstić information content (AvgIpc) is 3.03. The normalized spacial score (nSPS) is 17.4. The first-order chi connectivity index (χ1) is 8.94. The van der Waals surface area contributed by atoms with Crippen molar-refractivity contribution < 1.29 is 13.2 Å². The van der Waals surface area contributed by atoms with Crippen LogP contribution in [0.15, 0.2) is 24.3 Å². The first-order valence-corrected chi connectivity index (χ1v) is 5.65. The molecular formula is C11H10F3N5. The lowest BCUT2D eigenvalue weighted by Gasteiger charge is -2.20. The van der Waals surface area contributed by atoms with Crippen LogP contribution in [0.25, 0.3) is 11.4 Å². The molecule has 2 N–H and O–H groups in total. The van der Waals surface area contributed by atoms with Gasteiger partial charge < -0.3 is 5.73 Å². The van der Waals surface area contributed by atoms with Crippen LogP contribution in [0.1, 0.15) is 12.8 Å².